The van der Waals surface area contributed by atoms with Crippen LogP contribution in [0.4, 0.5) is 5.69 Å². The minimum atomic E-state index is 0.214. The molecule has 1 saturated carbocycles. The van der Waals surface area contributed by atoms with Crippen LogP contribution in [0, 0.1) is 0 Å². The second-order valence-corrected chi connectivity index (χ2v) is 4.20. The van der Waals surface area contributed by atoms with Gasteiger partial charge in [0.25, 0.3) is 0 Å². The standard InChI is InChI=1S/C12H14N2/c1-13-11-6-7-12(11)8-14-10-5-3-2-4-9(10)12/h2-5,8,11,13H,6-7H2,1H3. The van der Waals surface area contributed by atoms with Crippen LogP contribution in [-0.4, -0.2) is 19.3 Å². The van der Waals surface area contributed by atoms with Crippen molar-refractivity contribution in [2.75, 3.05) is 7.05 Å². The van der Waals surface area contributed by atoms with E-state index in [0.29, 0.717) is 6.04 Å². The van der Waals surface area contributed by atoms with Gasteiger partial charge < -0.3 is 5.32 Å². The minimum Gasteiger partial charge on any atom is -0.316 e. The topological polar surface area (TPSA) is 24.4 Å². The normalized spacial score (nSPS) is 33.1. The van der Waals surface area contributed by atoms with E-state index in [4.69, 9.17) is 0 Å². The number of fused-ring (bicyclic) bond motifs is 2. The molecule has 1 aliphatic carbocycles. The van der Waals surface area contributed by atoms with Crippen molar-refractivity contribution in [3.05, 3.63) is 29.8 Å². The van der Waals surface area contributed by atoms with E-state index in [2.05, 4.69) is 40.8 Å². The van der Waals surface area contributed by atoms with Crippen molar-refractivity contribution < 1.29 is 0 Å². The smallest absolute Gasteiger partial charge is 0.0668 e. The Kier molecular flexibility index (Phi) is 1.56. The van der Waals surface area contributed by atoms with Crippen LogP contribution in [0.1, 0.15) is 18.4 Å². The molecule has 1 aromatic rings. The molecule has 14 heavy (non-hydrogen) atoms. The predicted molar refractivity (Wildman–Crippen MR) is 58.4 cm³/mol. The summed E-state index contributed by atoms with van der Waals surface area (Å²) >= 11 is 0. The molecule has 2 unspecified atom stereocenters. The maximum atomic E-state index is 4.51. The van der Waals surface area contributed by atoms with Crippen molar-refractivity contribution in [3.8, 4) is 0 Å². The number of likely N-dealkylation sites (N-methyl/N-ethyl adjacent to an activating group) is 1. The lowest BCUT2D eigenvalue weighted by Gasteiger charge is -2.45. The summed E-state index contributed by atoms with van der Waals surface area (Å²) in [5.41, 5.74) is 2.78. The van der Waals surface area contributed by atoms with Gasteiger partial charge in [0.15, 0.2) is 0 Å². The second kappa shape index (κ2) is 2.67. The molecule has 1 aliphatic heterocycles. The van der Waals surface area contributed by atoms with Crippen LogP contribution in [0.3, 0.4) is 0 Å². The number of nitrogens with one attached hydrogen (secondary N) is 1. The van der Waals surface area contributed by atoms with Crippen LogP contribution < -0.4 is 5.32 Å². The van der Waals surface area contributed by atoms with E-state index in [1.165, 1.54) is 18.4 Å². The molecule has 2 aliphatic rings. The Balaban J connectivity index is 2.09. The Hall–Kier alpha value is -1.15. The van der Waals surface area contributed by atoms with Crippen molar-refractivity contribution in [1.82, 2.24) is 5.32 Å². The molecule has 1 N–H and O–H groups in total. The van der Waals surface area contributed by atoms with E-state index < -0.39 is 0 Å². The molecule has 2 heteroatoms. The Morgan fingerprint density at radius 1 is 1.43 bits per heavy atom. The quantitative estimate of drug-likeness (QED) is 0.713. The summed E-state index contributed by atoms with van der Waals surface area (Å²) in [5, 5.41) is 3.38. The Morgan fingerprint density at radius 2 is 2.29 bits per heavy atom. The fraction of sp³-hybridized carbons (Fsp3) is 0.417. The molecule has 1 spiro atoms. The van der Waals surface area contributed by atoms with Gasteiger partial charge in [-0.1, -0.05) is 18.2 Å². The van der Waals surface area contributed by atoms with Crippen LogP contribution in [0.15, 0.2) is 29.3 Å². The van der Waals surface area contributed by atoms with Gasteiger partial charge in [-0.15, -0.1) is 0 Å². The molecule has 2 nitrogen and oxygen atoms in total. The van der Waals surface area contributed by atoms with Gasteiger partial charge in [-0.2, -0.15) is 0 Å². The molecular formula is C12H14N2. The van der Waals surface area contributed by atoms with Gasteiger partial charge in [-0.3, -0.25) is 4.99 Å². The molecule has 0 bridgehead atoms. The third-order valence-electron chi connectivity index (χ3n) is 3.66. The van der Waals surface area contributed by atoms with Crippen molar-refractivity contribution in [2.24, 2.45) is 4.99 Å². The second-order valence-electron chi connectivity index (χ2n) is 4.20. The van der Waals surface area contributed by atoms with Crippen molar-refractivity contribution in [1.29, 1.82) is 0 Å². The Labute approximate surface area is 84.1 Å². The molecule has 3 rings (SSSR count). The summed E-state index contributed by atoms with van der Waals surface area (Å²) in [7, 11) is 2.04. The summed E-state index contributed by atoms with van der Waals surface area (Å²) in [5.74, 6) is 0. The lowest BCUT2D eigenvalue weighted by atomic mass is 9.62. The minimum absolute atomic E-state index is 0.214. The lowest BCUT2D eigenvalue weighted by Crippen LogP contribution is -2.55. The molecule has 1 aromatic carbocycles. The zero-order chi connectivity index (χ0) is 9.60. The highest BCUT2D eigenvalue weighted by Crippen LogP contribution is 2.49. The predicted octanol–water partition coefficient (Wildman–Crippen LogP) is 2.02. The van der Waals surface area contributed by atoms with Crippen LogP contribution in [0.5, 0.6) is 0 Å². The average Bonchev–Trinajstić information content (AvgIpc) is 2.58. The fourth-order valence-electron chi connectivity index (χ4n) is 2.71. The molecule has 2 atom stereocenters. The summed E-state index contributed by atoms with van der Waals surface area (Å²) in [4.78, 5) is 4.51. The van der Waals surface area contributed by atoms with Crippen molar-refractivity contribution >= 4 is 11.9 Å². The first kappa shape index (κ1) is 8.18. The molecule has 1 fully saturated rings. The number of para-hydroxylation sites is 1. The van der Waals surface area contributed by atoms with Crippen LogP contribution in [0.2, 0.25) is 0 Å². The first-order valence-electron chi connectivity index (χ1n) is 5.19. The first-order chi connectivity index (χ1) is 6.87. The zero-order valence-corrected chi connectivity index (χ0v) is 8.33. The number of hydrogen-bond donors (Lipinski definition) is 1. The number of aliphatic imine (C=N–C) groups is 1. The summed E-state index contributed by atoms with van der Waals surface area (Å²) < 4.78 is 0. The van der Waals surface area contributed by atoms with Crippen LogP contribution in [-0.2, 0) is 5.41 Å². The summed E-state index contributed by atoms with van der Waals surface area (Å²) in [6.07, 6.45) is 4.64. The van der Waals surface area contributed by atoms with E-state index in [0.717, 1.165) is 5.69 Å². The van der Waals surface area contributed by atoms with Gasteiger partial charge in [-0.25, -0.2) is 0 Å². The molecule has 0 radical (unpaired) electrons. The third kappa shape index (κ3) is 0.819. The SMILES string of the molecule is CNC1CCC12C=Nc1ccccc12. The number of nitrogens with zero attached hydrogens (tertiary/aromatic N) is 1. The van der Waals surface area contributed by atoms with E-state index in [9.17, 15) is 0 Å². The maximum absolute atomic E-state index is 4.51. The Bertz CT molecular complexity index is 395. The van der Waals surface area contributed by atoms with E-state index in [-0.39, 0.29) is 5.41 Å². The molecule has 1 heterocycles. The lowest BCUT2D eigenvalue weighted by molar-refractivity contribution is 0.248. The zero-order valence-electron chi connectivity index (χ0n) is 8.33. The number of rotatable bonds is 1. The summed E-state index contributed by atoms with van der Waals surface area (Å²) in [6.45, 7) is 0. The highest BCUT2D eigenvalue weighted by atomic mass is 15.0. The largest absolute Gasteiger partial charge is 0.316 e. The van der Waals surface area contributed by atoms with E-state index >= 15 is 0 Å². The van der Waals surface area contributed by atoms with Gasteiger partial charge in [-0.05, 0) is 31.5 Å². The molecule has 0 saturated heterocycles. The van der Waals surface area contributed by atoms with Crippen molar-refractivity contribution in [2.45, 2.75) is 24.3 Å². The van der Waals surface area contributed by atoms with E-state index in [1.54, 1.807) is 0 Å². The van der Waals surface area contributed by atoms with Gasteiger partial charge in [0.2, 0.25) is 0 Å². The average molecular weight is 186 g/mol. The van der Waals surface area contributed by atoms with Gasteiger partial charge in [0.05, 0.1) is 5.69 Å². The fourth-order valence-corrected chi connectivity index (χ4v) is 2.71. The Morgan fingerprint density at radius 3 is 3.00 bits per heavy atom. The molecule has 0 aromatic heterocycles. The van der Waals surface area contributed by atoms with Crippen LogP contribution >= 0.6 is 0 Å². The summed E-state index contributed by atoms with van der Waals surface area (Å²) in [6, 6.07) is 9.06. The van der Waals surface area contributed by atoms with Gasteiger partial charge in [0.1, 0.15) is 0 Å². The number of hydrogen-bond acceptors (Lipinski definition) is 2. The van der Waals surface area contributed by atoms with E-state index in [1.807, 2.05) is 7.05 Å². The maximum Gasteiger partial charge on any atom is 0.0668 e. The van der Waals surface area contributed by atoms with Crippen molar-refractivity contribution in [3.63, 3.8) is 0 Å². The van der Waals surface area contributed by atoms with Gasteiger partial charge >= 0.3 is 0 Å². The first-order valence-corrected chi connectivity index (χ1v) is 5.19. The monoisotopic (exact) mass is 186 g/mol. The molecule has 72 valence electrons. The van der Waals surface area contributed by atoms with Gasteiger partial charge in [0, 0.05) is 17.7 Å². The molecule has 0 amide bonds. The third-order valence-corrected chi connectivity index (χ3v) is 3.66. The molecular weight excluding hydrogens is 172 g/mol. The van der Waals surface area contributed by atoms with Crippen LogP contribution in [0.25, 0.3) is 0 Å². The number of benzene rings is 1. The highest BCUT2D eigenvalue weighted by Gasteiger charge is 2.49. The highest BCUT2D eigenvalue weighted by molar-refractivity contribution is 5.87.